The first kappa shape index (κ1) is 41.8. The number of anilines is 2. The first-order valence-electron chi connectivity index (χ1n) is 19.8. The lowest BCUT2D eigenvalue weighted by Gasteiger charge is -2.23. The number of imide groups is 1. The highest BCUT2D eigenvalue weighted by atomic mass is 35.5. The Hall–Kier alpha value is -4.35. The van der Waals surface area contributed by atoms with Crippen LogP contribution in [-0.2, 0) is 19.1 Å². The Morgan fingerprint density at radius 3 is 2.04 bits per heavy atom. The van der Waals surface area contributed by atoms with Crippen molar-refractivity contribution < 1.29 is 28.7 Å². The molecule has 1 aromatic heterocycles. The van der Waals surface area contributed by atoms with E-state index in [4.69, 9.17) is 16.3 Å². The number of carbonyl (C=O) groups excluding carboxylic acids is 5. The molecule has 1 atom stereocenters. The molecule has 0 aliphatic carbocycles. The van der Waals surface area contributed by atoms with Crippen LogP contribution in [0.15, 0.2) is 54.6 Å². The fraction of sp³-hybridized carbons (Fsp3) is 0.488. The minimum atomic E-state index is -1.95. The molecule has 1 saturated heterocycles. The van der Waals surface area contributed by atoms with Gasteiger partial charge in [-0.3, -0.25) is 19.2 Å². The van der Waals surface area contributed by atoms with Crippen molar-refractivity contribution in [2.75, 3.05) is 10.6 Å². The van der Waals surface area contributed by atoms with Crippen LogP contribution in [0, 0.1) is 0 Å². The third-order valence-electron chi connectivity index (χ3n) is 10.1. The molecule has 10 nitrogen and oxygen atoms in total. The monoisotopic (exact) mass is 788 g/mol. The molecule has 1 aliphatic rings. The van der Waals surface area contributed by atoms with E-state index in [1.165, 1.54) is 103 Å². The van der Waals surface area contributed by atoms with Gasteiger partial charge in [0.2, 0.25) is 11.7 Å². The minimum absolute atomic E-state index is 0.0536. The molecule has 55 heavy (non-hydrogen) atoms. The van der Waals surface area contributed by atoms with Gasteiger partial charge in [0, 0.05) is 22.9 Å². The van der Waals surface area contributed by atoms with Gasteiger partial charge in [0.05, 0.1) is 15.4 Å². The molecule has 1 aliphatic heterocycles. The second-order valence-electron chi connectivity index (χ2n) is 14.9. The number of Topliss-reactive ketones (excluding diaryl/α,β-unsaturated/α-hetero) is 1. The van der Waals surface area contributed by atoms with E-state index in [9.17, 15) is 24.0 Å². The van der Waals surface area contributed by atoms with Crippen LogP contribution < -0.4 is 10.6 Å². The SMILES string of the molecule is CCCCCCCCCCCCCCCCCC(=O)Nc1ccc(Cl)c(NC(=O)C(C(=O)c2nsc3c2ccc2ccccc23)N2C(=O)OC(C)(C)C2=O)c1. The highest BCUT2D eigenvalue weighted by Crippen LogP contribution is 2.34. The second-order valence-corrected chi connectivity index (χ2v) is 16.1. The van der Waals surface area contributed by atoms with E-state index in [1.54, 1.807) is 12.1 Å². The smallest absolute Gasteiger partial charge is 0.418 e. The summed E-state index contributed by atoms with van der Waals surface area (Å²) in [5.41, 5.74) is -1.17. The largest absolute Gasteiger partial charge is 0.433 e. The maximum absolute atomic E-state index is 14.2. The van der Waals surface area contributed by atoms with Gasteiger partial charge in [-0.2, -0.15) is 4.37 Å². The number of carbonyl (C=O) groups is 5. The topological polar surface area (TPSA) is 135 Å². The molecule has 3 aromatic carbocycles. The van der Waals surface area contributed by atoms with Gasteiger partial charge in [0.15, 0.2) is 11.6 Å². The normalized spacial score (nSPS) is 14.4. The van der Waals surface area contributed by atoms with Crippen LogP contribution in [0.4, 0.5) is 16.2 Å². The first-order chi connectivity index (χ1) is 26.5. The zero-order valence-corrected chi connectivity index (χ0v) is 33.8. The Morgan fingerprint density at radius 2 is 1.42 bits per heavy atom. The van der Waals surface area contributed by atoms with Crippen LogP contribution in [-0.4, -0.2) is 50.5 Å². The summed E-state index contributed by atoms with van der Waals surface area (Å²) in [5.74, 6) is -2.86. The number of ether oxygens (including phenoxy) is 1. The molecule has 12 heteroatoms. The van der Waals surface area contributed by atoms with Crippen molar-refractivity contribution in [1.29, 1.82) is 0 Å². The van der Waals surface area contributed by atoms with Crippen LogP contribution >= 0.6 is 23.1 Å². The van der Waals surface area contributed by atoms with Crippen molar-refractivity contribution in [2.45, 2.75) is 135 Å². The van der Waals surface area contributed by atoms with Gasteiger partial charge in [-0.1, -0.05) is 145 Å². The van der Waals surface area contributed by atoms with E-state index in [1.807, 2.05) is 30.3 Å². The van der Waals surface area contributed by atoms with Crippen LogP contribution in [0.3, 0.4) is 0 Å². The number of halogens is 1. The van der Waals surface area contributed by atoms with Crippen LogP contribution in [0.5, 0.6) is 0 Å². The number of hydrogen-bond acceptors (Lipinski definition) is 8. The molecule has 1 unspecified atom stereocenters. The predicted octanol–water partition coefficient (Wildman–Crippen LogP) is 11.3. The van der Waals surface area contributed by atoms with Crippen molar-refractivity contribution in [3.8, 4) is 0 Å². The summed E-state index contributed by atoms with van der Waals surface area (Å²) in [6.07, 6.45) is 17.9. The average molecular weight is 789 g/mol. The van der Waals surface area contributed by atoms with Gasteiger partial charge in [-0.05, 0) is 55.4 Å². The quantitative estimate of drug-likeness (QED) is 0.0460. The fourth-order valence-corrected chi connectivity index (χ4v) is 8.10. The lowest BCUT2D eigenvalue weighted by molar-refractivity contribution is -0.137. The van der Waals surface area contributed by atoms with E-state index < -0.39 is 35.3 Å². The highest BCUT2D eigenvalue weighted by Gasteiger charge is 2.54. The Bertz CT molecular complexity index is 1990. The summed E-state index contributed by atoms with van der Waals surface area (Å²) in [5, 5.41) is 7.92. The molecule has 4 aromatic rings. The Kier molecular flexibility index (Phi) is 15.2. The van der Waals surface area contributed by atoms with Crippen molar-refractivity contribution in [3.63, 3.8) is 0 Å². The molecule has 4 amide bonds. The molecule has 2 heterocycles. The number of fused-ring (bicyclic) bond motifs is 3. The molecule has 5 rings (SSSR count). The van der Waals surface area contributed by atoms with E-state index in [2.05, 4.69) is 21.9 Å². The molecular weight excluding hydrogens is 736 g/mol. The summed E-state index contributed by atoms with van der Waals surface area (Å²) in [6, 6.07) is 13.9. The third-order valence-corrected chi connectivity index (χ3v) is 11.4. The van der Waals surface area contributed by atoms with Crippen molar-refractivity contribution in [2.24, 2.45) is 0 Å². The number of hydrogen-bond donors (Lipinski definition) is 2. The van der Waals surface area contributed by atoms with Crippen LogP contribution in [0.1, 0.15) is 134 Å². The molecule has 2 N–H and O–H groups in total. The lowest BCUT2D eigenvalue weighted by Crippen LogP contribution is -2.53. The number of nitrogens with one attached hydrogen (secondary N) is 2. The summed E-state index contributed by atoms with van der Waals surface area (Å²) in [6.45, 7) is 5.03. The number of nitrogens with zero attached hydrogens (tertiary/aromatic N) is 2. The molecular formula is C43H53ClN4O6S. The predicted molar refractivity (Wildman–Crippen MR) is 221 cm³/mol. The number of amides is 4. The third kappa shape index (κ3) is 10.9. The maximum atomic E-state index is 14.2. The number of ketones is 1. The molecule has 0 bridgehead atoms. The maximum Gasteiger partial charge on any atom is 0.418 e. The zero-order chi connectivity index (χ0) is 39.4. The zero-order valence-electron chi connectivity index (χ0n) is 32.2. The summed E-state index contributed by atoms with van der Waals surface area (Å²) in [7, 11) is 0. The Labute approximate surface area is 332 Å². The van der Waals surface area contributed by atoms with E-state index in [-0.39, 0.29) is 22.3 Å². The standard InChI is InChI=1S/C43H53ClN4O6S/c1-4-5-6-7-8-9-10-11-12-13-14-15-16-17-18-23-35(49)45-30-25-27-33(44)34(28-30)46-40(51)37(48-41(52)43(2,3)54-42(48)53)38(50)36-32-26-24-29-21-19-20-22-31(29)39(32)55-47-36/h19-22,24-28,37H,4-18,23H2,1-3H3,(H,45,49)(H,46,51). The summed E-state index contributed by atoms with van der Waals surface area (Å²) < 4.78 is 10.4. The van der Waals surface area contributed by atoms with Gasteiger partial charge >= 0.3 is 6.09 Å². The van der Waals surface area contributed by atoms with Gasteiger partial charge in [-0.15, -0.1) is 0 Å². The minimum Gasteiger partial charge on any atom is -0.433 e. The van der Waals surface area contributed by atoms with Gasteiger partial charge in [-0.25, -0.2) is 9.69 Å². The average Bonchev–Trinajstić information content (AvgIpc) is 3.68. The summed E-state index contributed by atoms with van der Waals surface area (Å²) in [4.78, 5) is 68.1. The van der Waals surface area contributed by atoms with Crippen LogP contribution in [0.25, 0.3) is 20.9 Å². The number of unbranched alkanes of at least 4 members (excludes halogenated alkanes) is 14. The fourth-order valence-electron chi connectivity index (χ4n) is 7.02. The van der Waals surface area contributed by atoms with E-state index in [0.29, 0.717) is 22.4 Å². The van der Waals surface area contributed by atoms with Gasteiger partial charge < -0.3 is 15.4 Å². The molecule has 0 radical (unpaired) electrons. The lowest BCUT2D eigenvalue weighted by atomic mass is 10.0. The molecule has 1 fully saturated rings. The number of rotatable bonds is 22. The molecule has 0 spiro atoms. The number of cyclic esters (lactones) is 1. The van der Waals surface area contributed by atoms with Crippen LogP contribution in [0.2, 0.25) is 5.02 Å². The highest BCUT2D eigenvalue weighted by molar-refractivity contribution is 7.14. The number of aromatic nitrogens is 1. The molecule has 294 valence electrons. The first-order valence-corrected chi connectivity index (χ1v) is 20.9. The van der Waals surface area contributed by atoms with Crippen molar-refractivity contribution in [3.05, 3.63) is 65.3 Å². The summed E-state index contributed by atoms with van der Waals surface area (Å²) >= 11 is 7.56. The Balaban J connectivity index is 1.16. The Morgan fingerprint density at radius 1 is 0.800 bits per heavy atom. The van der Waals surface area contributed by atoms with E-state index in [0.717, 1.165) is 46.3 Å². The van der Waals surface area contributed by atoms with Gasteiger partial charge in [0.25, 0.3) is 11.8 Å². The molecule has 0 saturated carbocycles. The van der Waals surface area contributed by atoms with Gasteiger partial charge in [0.1, 0.15) is 5.69 Å². The van der Waals surface area contributed by atoms with E-state index >= 15 is 0 Å². The number of benzene rings is 3. The van der Waals surface area contributed by atoms with Crippen molar-refractivity contribution in [1.82, 2.24) is 9.27 Å². The second kappa shape index (κ2) is 20.0. The van der Waals surface area contributed by atoms with Crippen molar-refractivity contribution >= 4 is 85.0 Å².